The lowest BCUT2D eigenvalue weighted by Gasteiger charge is -2.07. The summed E-state index contributed by atoms with van der Waals surface area (Å²) >= 11 is 0. The number of nitrogen functional groups attached to an aromatic ring is 1. The van der Waals surface area contributed by atoms with E-state index in [9.17, 15) is 12.8 Å². The second-order valence-corrected chi connectivity index (χ2v) is 5.87. The fraction of sp³-hybridized carbons (Fsp3) is 0.167. The highest BCUT2D eigenvalue weighted by Gasteiger charge is 2.15. The van der Waals surface area contributed by atoms with Gasteiger partial charge in [-0.3, -0.25) is 0 Å². The van der Waals surface area contributed by atoms with Crippen LogP contribution in [0.2, 0.25) is 0 Å². The second kappa shape index (κ2) is 5.51. The molecular formula is C12H13FN4O2S. The van der Waals surface area contributed by atoms with Crippen LogP contribution in [-0.2, 0) is 16.6 Å². The third kappa shape index (κ3) is 3.28. The summed E-state index contributed by atoms with van der Waals surface area (Å²) in [6.07, 6.45) is 1.54. The number of hydrogen-bond acceptors (Lipinski definition) is 5. The predicted molar refractivity (Wildman–Crippen MR) is 71.6 cm³/mol. The van der Waals surface area contributed by atoms with E-state index >= 15 is 0 Å². The zero-order valence-electron chi connectivity index (χ0n) is 10.7. The Labute approximate surface area is 115 Å². The first-order valence-corrected chi connectivity index (χ1v) is 7.20. The zero-order chi connectivity index (χ0) is 14.8. The third-order valence-electron chi connectivity index (χ3n) is 2.55. The third-order valence-corrected chi connectivity index (χ3v) is 3.95. The number of anilines is 1. The lowest BCUT2D eigenvalue weighted by molar-refractivity contribution is 0.579. The van der Waals surface area contributed by atoms with Crippen LogP contribution < -0.4 is 10.5 Å². The standard InChI is InChI=1S/C12H13FN4O2S/c1-8-15-5-4-9(17-8)7-16-20(18,19)10-2-3-11(13)12(14)6-10/h2-6,16H,7,14H2,1H3. The zero-order valence-corrected chi connectivity index (χ0v) is 11.5. The molecule has 20 heavy (non-hydrogen) atoms. The maximum Gasteiger partial charge on any atom is 0.241 e. The van der Waals surface area contributed by atoms with Crippen molar-refractivity contribution in [3.8, 4) is 0 Å². The van der Waals surface area contributed by atoms with Crippen molar-refractivity contribution in [2.75, 3.05) is 5.73 Å². The van der Waals surface area contributed by atoms with E-state index in [4.69, 9.17) is 5.73 Å². The van der Waals surface area contributed by atoms with E-state index in [1.165, 1.54) is 0 Å². The molecule has 0 saturated carbocycles. The highest BCUT2D eigenvalue weighted by molar-refractivity contribution is 7.89. The minimum absolute atomic E-state index is 0.0168. The summed E-state index contributed by atoms with van der Waals surface area (Å²) in [5, 5.41) is 0. The molecule has 3 N–H and O–H groups in total. The SMILES string of the molecule is Cc1nccc(CNS(=O)(=O)c2ccc(F)c(N)c2)n1. The first-order valence-electron chi connectivity index (χ1n) is 5.72. The summed E-state index contributed by atoms with van der Waals surface area (Å²) in [4.78, 5) is 7.90. The van der Waals surface area contributed by atoms with Crippen molar-refractivity contribution in [2.45, 2.75) is 18.4 Å². The Hall–Kier alpha value is -2.06. The highest BCUT2D eigenvalue weighted by Crippen LogP contribution is 2.16. The first kappa shape index (κ1) is 14.4. The fourth-order valence-electron chi connectivity index (χ4n) is 1.54. The topological polar surface area (TPSA) is 98.0 Å². The Balaban J connectivity index is 2.17. The van der Waals surface area contributed by atoms with E-state index in [1.54, 1.807) is 19.2 Å². The molecule has 8 heteroatoms. The molecule has 106 valence electrons. The van der Waals surface area contributed by atoms with Crippen molar-refractivity contribution in [2.24, 2.45) is 0 Å². The molecule has 0 fully saturated rings. The van der Waals surface area contributed by atoms with Gasteiger partial charge >= 0.3 is 0 Å². The minimum atomic E-state index is -3.77. The number of hydrogen-bond donors (Lipinski definition) is 2. The van der Waals surface area contributed by atoms with Crippen LogP contribution in [0.4, 0.5) is 10.1 Å². The lowest BCUT2D eigenvalue weighted by atomic mass is 10.3. The normalized spacial score (nSPS) is 11.5. The minimum Gasteiger partial charge on any atom is -0.396 e. The van der Waals surface area contributed by atoms with Crippen LogP contribution in [-0.4, -0.2) is 18.4 Å². The molecule has 0 amide bonds. The van der Waals surface area contributed by atoms with Crippen LogP contribution in [0.3, 0.4) is 0 Å². The van der Waals surface area contributed by atoms with Crippen molar-refractivity contribution < 1.29 is 12.8 Å². The van der Waals surface area contributed by atoms with Gasteiger partial charge in [-0.05, 0) is 31.2 Å². The van der Waals surface area contributed by atoms with Crippen LogP contribution in [0.15, 0.2) is 35.4 Å². The van der Waals surface area contributed by atoms with Crippen LogP contribution in [0.25, 0.3) is 0 Å². The first-order chi connectivity index (χ1) is 9.38. The van der Waals surface area contributed by atoms with Crippen molar-refractivity contribution in [1.82, 2.24) is 14.7 Å². The maximum absolute atomic E-state index is 13.0. The Morgan fingerprint density at radius 3 is 2.75 bits per heavy atom. The molecule has 0 spiro atoms. The predicted octanol–water partition coefficient (Wildman–Crippen LogP) is 0.985. The summed E-state index contributed by atoms with van der Waals surface area (Å²) < 4.78 is 39.4. The second-order valence-electron chi connectivity index (χ2n) is 4.10. The van der Waals surface area contributed by atoms with E-state index in [0.717, 1.165) is 18.2 Å². The van der Waals surface area contributed by atoms with Gasteiger partial charge in [-0.25, -0.2) is 27.5 Å². The molecule has 1 aromatic carbocycles. The fourth-order valence-corrected chi connectivity index (χ4v) is 2.58. The molecule has 0 atom stereocenters. The molecule has 0 bridgehead atoms. The van der Waals surface area contributed by atoms with Gasteiger partial charge in [0.25, 0.3) is 0 Å². The number of nitrogens with one attached hydrogen (secondary N) is 1. The van der Waals surface area contributed by atoms with E-state index < -0.39 is 15.8 Å². The number of sulfonamides is 1. The summed E-state index contributed by atoms with van der Waals surface area (Å²) in [6, 6.07) is 4.84. The summed E-state index contributed by atoms with van der Waals surface area (Å²) in [5.74, 6) is -0.108. The summed E-state index contributed by atoms with van der Waals surface area (Å²) in [7, 11) is -3.77. The number of nitrogens with two attached hydrogens (primary N) is 1. The molecule has 0 aliphatic rings. The number of benzene rings is 1. The number of aromatic nitrogens is 2. The molecule has 6 nitrogen and oxygen atoms in total. The Bertz CT molecular complexity index is 734. The Morgan fingerprint density at radius 1 is 1.35 bits per heavy atom. The number of aryl methyl sites for hydroxylation is 1. The van der Waals surface area contributed by atoms with E-state index in [-0.39, 0.29) is 17.1 Å². The van der Waals surface area contributed by atoms with Gasteiger partial charge in [-0.2, -0.15) is 0 Å². The van der Waals surface area contributed by atoms with Crippen LogP contribution in [0.5, 0.6) is 0 Å². The van der Waals surface area contributed by atoms with Crippen LogP contribution in [0.1, 0.15) is 11.5 Å². The average molecular weight is 296 g/mol. The molecule has 2 rings (SSSR count). The molecule has 0 aliphatic carbocycles. The van der Waals surface area contributed by atoms with Gasteiger partial charge in [0, 0.05) is 6.20 Å². The maximum atomic E-state index is 13.0. The van der Waals surface area contributed by atoms with Gasteiger partial charge in [0.05, 0.1) is 22.8 Å². The highest BCUT2D eigenvalue weighted by atomic mass is 32.2. The molecule has 0 radical (unpaired) electrons. The van der Waals surface area contributed by atoms with Gasteiger partial charge in [0.2, 0.25) is 10.0 Å². The van der Waals surface area contributed by atoms with E-state index in [1.807, 2.05) is 0 Å². The van der Waals surface area contributed by atoms with Gasteiger partial charge in [0.1, 0.15) is 11.6 Å². The molecule has 0 aliphatic heterocycles. The van der Waals surface area contributed by atoms with Gasteiger partial charge in [-0.15, -0.1) is 0 Å². The van der Waals surface area contributed by atoms with Crippen LogP contribution >= 0.6 is 0 Å². The molecule has 2 aromatic rings. The largest absolute Gasteiger partial charge is 0.396 e. The van der Waals surface area contributed by atoms with E-state index in [2.05, 4.69) is 14.7 Å². The van der Waals surface area contributed by atoms with Gasteiger partial charge in [-0.1, -0.05) is 0 Å². The number of nitrogens with zero attached hydrogens (tertiary/aromatic N) is 2. The molecule has 1 heterocycles. The molecule has 0 unspecified atom stereocenters. The van der Waals surface area contributed by atoms with Crippen molar-refractivity contribution in [3.05, 3.63) is 47.8 Å². The number of halogens is 1. The smallest absolute Gasteiger partial charge is 0.241 e. The Morgan fingerprint density at radius 2 is 2.10 bits per heavy atom. The van der Waals surface area contributed by atoms with Gasteiger partial charge < -0.3 is 5.73 Å². The molecular weight excluding hydrogens is 283 g/mol. The lowest BCUT2D eigenvalue weighted by Crippen LogP contribution is -2.24. The summed E-state index contributed by atoms with van der Waals surface area (Å²) in [6.45, 7) is 1.72. The molecule has 1 aromatic heterocycles. The van der Waals surface area contributed by atoms with Crippen molar-refractivity contribution in [1.29, 1.82) is 0 Å². The van der Waals surface area contributed by atoms with Crippen molar-refractivity contribution in [3.63, 3.8) is 0 Å². The summed E-state index contributed by atoms with van der Waals surface area (Å²) in [5.41, 5.74) is 5.68. The molecule has 0 saturated heterocycles. The monoisotopic (exact) mass is 296 g/mol. The Kier molecular flexibility index (Phi) is 3.96. The van der Waals surface area contributed by atoms with Crippen LogP contribution in [0, 0.1) is 12.7 Å². The van der Waals surface area contributed by atoms with Gasteiger partial charge in [0.15, 0.2) is 0 Å². The van der Waals surface area contributed by atoms with Crippen molar-refractivity contribution >= 4 is 15.7 Å². The number of rotatable bonds is 4. The van der Waals surface area contributed by atoms with E-state index in [0.29, 0.717) is 11.5 Å². The average Bonchev–Trinajstić information content (AvgIpc) is 2.40. The quantitative estimate of drug-likeness (QED) is 0.820.